The Morgan fingerprint density at radius 1 is 0.966 bits per heavy atom. The number of carbonyl (C=O) groups excluding carboxylic acids is 1. The molecule has 0 unspecified atom stereocenters. The van der Waals surface area contributed by atoms with Crippen molar-refractivity contribution in [2.45, 2.75) is 6.54 Å². The Bertz CT molecular complexity index is 981. The van der Waals surface area contributed by atoms with Gasteiger partial charge < -0.3 is 9.47 Å². The maximum Gasteiger partial charge on any atom is 0.256 e. The summed E-state index contributed by atoms with van der Waals surface area (Å²) >= 11 is 0. The van der Waals surface area contributed by atoms with Crippen LogP contribution in [-0.2, 0) is 6.54 Å². The first-order valence-electron chi connectivity index (χ1n) is 9.65. The van der Waals surface area contributed by atoms with Crippen molar-refractivity contribution in [2.24, 2.45) is 0 Å². The van der Waals surface area contributed by atoms with Crippen LogP contribution in [0.25, 0.3) is 11.4 Å². The number of nitrogens with zero attached hydrogens (tertiary/aromatic N) is 4. The number of hydrogen-bond acceptors (Lipinski definition) is 3. The molecule has 1 aliphatic heterocycles. The minimum absolute atomic E-state index is 0.0780. The molecule has 1 fully saturated rings. The molecule has 0 saturated carbocycles. The average Bonchev–Trinajstić information content (AvgIpc) is 3.21. The molecular weight excluding hydrogens is 374 g/mol. The first-order valence-corrected chi connectivity index (χ1v) is 9.65. The summed E-state index contributed by atoms with van der Waals surface area (Å²) in [6.07, 6.45) is 3.77. The van der Waals surface area contributed by atoms with Crippen molar-refractivity contribution in [1.29, 1.82) is 0 Å². The molecule has 0 bridgehead atoms. The molecule has 0 spiro atoms. The number of imidazole rings is 1. The van der Waals surface area contributed by atoms with Crippen LogP contribution >= 0.6 is 0 Å². The predicted octanol–water partition coefficient (Wildman–Crippen LogP) is 3.29. The summed E-state index contributed by atoms with van der Waals surface area (Å²) in [6.45, 7) is 4.10. The van der Waals surface area contributed by atoms with Gasteiger partial charge in [-0.15, -0.1) is 0 Å². The van der Waals surface area contributed by atoms with E-state index >= 15 is 0 Å². The molecular formula is C22H22F2N4O. The third kappa shape index (κ3) is 4.35. The van der Waals surface area contributed by atoms with Gasteiger partial charge in [-0.2, -0.15) is 0 Å². The van der Waals surface area contributed by atoms with Crippen molar-refractivity contribution in [3.05, 3.63) is 78.1 Å². The fourth-order valence-electron chi connectivity index (χ4n) is 3.59. The Morgan fingerprint density at radius 2 is 1.72 bits per heavy atom. The van der Waals surface area contributed by atoms with Crippen molar-refractivity contribution in [2.75, 3.05) is 32.7 Å². The van der Waals surface area contributed by atoms with Gasteiger partial charge in [0.25, 0.3) is 5.91 Å². The fourth-order valence-corrected chi connectivity index (χ4v) is 3.59. The van der Waals surface area contributed by atoms with Crippen LogP contribution in [0.1, 0.15) is 10.4 Å². The maximum absolute atomic E-state index is 13.9. The summed E-state index contributed by atoms with van der Waals surface area (Å²) in [4.78, 5) is 20.9. The molecule has 3 aromatic rings. The standard InChI is InChI=1S/C22H22F2N4O/c23-18-6-7-19(20(24)16-18)22(29)28-14-11-26(12-15-28)10-13-27-9-8-25-21(27)17-4-2-1-3-5-17/h1-9,16H,10-15H2. The highest BCUT2D eigenvalue weighted by Crippen LogP contribution is 2.17. The van der Waals surface area contributed by atoms with Gasteiger partial charge in [0.15, 0.2) is 0 Å². The molecule has 150 valence electrons. The smallest absolute Gasteiger partial charge is 0.256 e. The molecule has 1 saturated heterocycles. The van der Waals surface area contributed by atoms with Crippen LogP contribution in [0.2, 0.25) is 0 Å². The van der Waals surface area contributed by atoms with E-state index in [1.54, 1.807) is 11.1 Å². The second-order valence-corrected chi connectivity index (χ2v) is 7.07. The zero-order chi connectivity index (χ0) is 20.2. The molecule has 7 heteroatoms. The van der Waals surface area contributed by atoms with Crippen LogP contribution in [0.5, 0.6) is 0 Å². The number of piperazine rings is 1. The van der Waals surface area contributed by atoms with E-state index in [0.29, 0.717) is 26.2 Å². The van der Waals surface area contributed by atoms with E-state index < -0.39 is 11.6 Å². The molecule has 0 atom stereocenters. The molecule has 2 heterocycles. The van der Waals surface area contributed by atoms with E-state index in [0.717, 1.165) is 36.6 Å². The molecule has 1 aromatic heterocycles. The van der Waals surface area contributed by atoms with Crippen LogP contribution in [-0.4, -0.2) is 58.0 Å². The van der Waals surface area contributed by atoms with E-state index in [4.69, 9.17) is 0 Å². The van der Waals surface area contributed by atoms with E-state index in [9.17, 15) is 13.6 Å². The largest absolute Gasteiger partial charge is 0.336 e. The van der Waals surface area contributed by atoms with Crippen molar-refractivity contribution >= 4 is 5.91 Å². The highest BCUT2D eigenvalue weighted by atomic mass is 19.1. The van der Waals surface area contributed by atoms with E-state index in [1.807, 2.05) is 36.5 Å². The fraction of sp³-hybridized carbons (Fsp3) is 0.273. The summed E-state index contributed by atoms with van der Waals surface area (Å²) in [5.74, 6) is -0.946. The van der Waals surface area contributed by atoms with Gasteiger partial charge in [0, 0.05) is 63.3 Å². The van der Waals surface area contributed by atoms with Gasteiger partial charge in [0.05, 0.1) is 5.56 Å². The Balaban J connectivity index is 1.32. The van der Waals surface area contributed by atoms with Gasteiger partial charge >= 0.3 is 0 Å². The second kappa shape index (κ2) is 8.53. The first kappa shape index (κ1) is 19.3. The highest BCUT2D eigenvalue weighted by Gasteiger charge is 2.24. The van der Waals surface area contributed by atoms with Crippen molar-refractivity contribution < 1.29 is 13.6 Å². The number of hydrogen-bond donors (Lipinski definition) is 0. The average molecular weight is 396 g/mol. The number of halogens is 2. The molecule has 1 amide bonds. The Kier molecular flexibility index (Phi) is 5.67. The van der Waals surface area contributed by atoms with Gasteiger partial charge in [0.1, 0.15) is 17.5 Å². The SMILES string of the molecule is O=C(c1ccc(F)cc1F)N1CCN(CCn2ccnc2-c2ccccc2)CC1. The zero-order valence-electron chi connectivity index (χ0n) is 16.0. The van der Waals surface area contributed by atoms with Gasteiger partial charge in [-0.3, -0.25) is 9.69 Å². The van der Waals surface area contributed by atoms with Crippen LogP contribution < -0.4 is 0 Å². The molecule has 5 nitrogen and oxygen atoms in total. The van der Waals surface area contributed by atoms with Crippen LogP contribution in [0, 0.1) is 11.6 Å². The van der Waals surface area contributed by atoms with Gasteiger partial charge in [-0.1, -0.05) is 30.3 Å². The van der Waals surface area contributed by atoms with Gasteiger partial charge in [-0.05, 0) is 12.1 Å². The topological polar surface area (TPSA) is 41.4 Å². The number of aromatic nitrogens is 2. The number of benzene rings is 2. The van der Waals surface area contributed by atoms with Gasteiger partial charge in [-0.25, -0.2) is 13.8 Å². The third-order valence-corrected chi connectivity index (χ3v) is 5.23. The second-order valence-electron chi connectivity index (χ2n) is 7.07. The molecule has 4 rings (SSSR count). The summed E-state index contributed by atoms with van der Waals surface area (Å²) < 4.78 is 29.1. The normalized spacial score (nSPS) is 14.9. The zero-order valence-corrected chi connectivity index (χ0v) is 16.0. The van der Waals surface area contributed by atoms with Crippen molar-refractivity contribution in [1.82, 2.24) is 19.4 Å². The van der Waals surface area contributed by atoms with Crippen molar-refractivity contribution in [3.8, 4) is 11.4 Å². The molecule has 29 heavy (non-hydrogen) atoms. The quantitative estimate of drug-likeness (QED) is 0.665. The Hall–Kier alpha value is -3.06. The Labute approximate surface area is 168 Å². The minimum Gasteiger partial charge on any atom is -0.336 e. The van der Waals surface area contributed by atoms with E-state index in [2.05, 4.69) is 14.5 Å². The van der Waals surface area contributed by atoms with Gasteiger partial charge in [0.2, 0.25) is 0 Å². The summed E-state index contributed by atoms with van der Waals surface area (Å²) in [5.41, 5.74) is 1.00. The van der Waals surface area contributed by atoms with E-state index in [1.165, 1.54) is 6.07 Å². The molecule has 0 radical (unpaired) electrons. The lowest BCUT2D eigenvalue weighted by molar-refractivity contribution is 0.0628. The lowest BCUT2D eigenvalue weighted by Gasteiger charge is -2.35. The monoisotopic (exact) mass is 396 g/mol. The highest BCUT2D eigenvalue weighted by molar-refractivity contribution is 5.94. The first-order chi connectivity index (χ1) is 14.1. The minimum atomic E-state index is -0.814. The van der Waals surface area contributed by atoms with E-state index in [-0.39, 0.29) is 11.5 Å². The summed E-state index contributed by atoms with van der Waals surface area (Å²) in [5, 5.41) is 0. The third-order valence-electron chi connectivity index (χ3n) is 5.23. The summed E-state index contributed by atoms with van der Waals surface area (Å²) in [7, 11) is 0. The molecule has 2 aromatic carbocycles. The molecule has 0 N–H and O–H groups in total. The Morgan fingerprint density at radius 3 is 2.45 bits per heavy atom. The molecule has 0 aliphatic carbocycles. The van der Waals surface area contributed by atoms with Crippen LogP contribution in [0.15, 0.2) is 60.9 Å². The molecule has 1 aliphatic rings. The van der Waals surface area contributed by atoms with Crippen LogP contribution in [0.3, 0.4) is 0 Å². The maximum atomic E-state index is 13.9. The number of amides is 1. The summed E-state index contributed by atoms with van der Waals surface area (Å²) in [6, 6.07) is 13.1. The lowest BCUT2D eigenvalue weighted by Crippen LogP contribution is -2.49. The predicted molar refractivity (Wildman–Crippen MR) is 106 cm³/mol. The number of carbonyl (C=O) groups is 1. The van der Waals surface area contributed by atoms with Crippen LogP contribution in [0.4, 0.5) is 8.78 Å². The lowest BCUT2D eigenvalue weighted by atomic mass is 10.1. The number of rotatable bonds is 5. The van der Waals surface area contributed by atoms with Crippen molar-refractivity contribution in [3.63, 3.8) is 0 Å².